The lowest BCUT2D eigenvalue weighted by atomic mass is 9.82. The average molecular weight is 238 g/mol. The first kappa shape index (κ1) is 12.0. The molecule has 17 heavy (non-hydrogen) atoms. The van der Waals surface area contributed by atoms with E-state index in [4.69, 9.17) is 0 Å². The predicted molar refractivity (Wildman–Crippen MR) is 61.5 cm³/mol. The van der Waals surface area contributed by atoms with Gasteiger partial charge in [-0.2, -0.15) is 0 Å². The molecule has 0 spiro atoms. The molecule has 0 bridgehead atoms. The molecule has 0 aromatic carbocycles. The minimum atomic E-state index is -0.482. The van der Waals surface area contributed by atoms with Crippen molar-refractivity contribution in [3.63, 3.8) is 0 Å². The van der Waals surface area contributed by atoms with E-state index in [-0.39, 0.29) is 18.3 Å². The summed E-state index contributed by atoms with van der Waals surface area (Å²) in [6.07, 6.45) is 4.87. The van der Waals surface area contributed by atoms with Crippen LogP contribution in [0.15, 0.2) is 0 Å². The molecule has 6 heteroatoms. The van der Waals surface area contributed by atoms with Crippen LogP contribution in [0.2, 0.25) is 0 Å². The van der Waals surface area contributed by atoms with Crippen LogP contribution in [-0.2, 0) is 0 Å². The average Bonchev–Trinajstić information content (AvgIpc) is 2.77. The second-order valence-corrected chi connectivity index (χ2v) is 4.70. The van der Waals surface area contributed by atoms with Crippen molar-refractivity contribution in [2.45, 2.75) is 44.6 Å². The maximum absolute atomic E-state index is 11.9. The highest BCUT2D eigenvalue weighted by Gasteiger charge is 2.33. The van der Waals surface area contributed by atoms with Crippen molar-refractivity contribution in [1.29, 1.82) is 0 Å². The fourth-order valence-corrected chi connectivity index (χ4v) is 2.29. The van der Waals surface area contributed by atoms with Crippen LogP contribution in [0.4, 0.5) is 0 Å². The van der Waals surface area contributed by atoms with Crippen LogP contribution in [0.5, 0.6) is 0 Å². The Labute approximate surface area is 99.8 Å². The number of hydrogen-bond acceptors (Lipinski definition) is 4. The van der Waals surface area contributed by atoms with E-state index in [1.807, 2.05) is 0 Å². The fourth-order valence-electron chi connectivity index (χ4n) is 2.29. The molecule has 1 aliphatic rings. The van der Waals surface area contributed by atoms with E-state index in [1.54, 1.807) is 6.92 Å². The maximum Gasteiger partial charge on any atom is 0.291 e. The third-order valence-corrected chi connectivity index (χ3v) is 3.29. The smallest absolute Gasteiger partial charge is 0.291 e. The number of aryl methyl sites for hydroxylation is 1. The Bertz CT molecular complexity index is 396. The van der Waals surface area contributed by atoms with Crippen molar-refractivity contribution < 1.29 is 9.90 Å². The summed E-state index contributed by atoms with van der Waals surface area (Å²) in [6.45, 7) is 1.72. The normalized spacial score (nSPS) is 18.9. The van der Waals surface area contributed by atoms with Crippen LogP contribution in [0.3, 0.4) is 0 Å². The Morgan fingerprint density at radius 1 is 1.47 bits per heavy atom. The summed E-state index contributed by atoms with van der Waals surface area (Å²) >= 11 is 0. The standard InChI is InChI=1S/C11H18N4O2/c1-8-12-9(15-14-8)10(17)13-11(7-16)5-3-2-4-6-11/h16H,2-7H2,1H3,(H,13,17)(H,12,14,15). The Balaban J connectivity index is 2.05. The molecule has 1 heterocycles. The summed E-state index contributed by atoms with van der Waals surface area (Å²) in [4.78, 5) is 15.9. The summed E-state index contributed by atoms with van der Waals surface area (Å²) in [7, 11) is 0. The van der Waals surface area contributed by atoms with E-state index in [0.717, 1.165) is 32.1 Å². The van der Waals surface area contributed by atoms with Gasteiger partial charge in [0.1, 0.15) is 5.82 Å². The number of nitrogens with zero attached hydrogens (tertiary/aromatic N) is 2. The van der Waals surface area contributed by atoms with Crippen molar-refractivity contribution in [2.75, 3.05) is 6.61 Å². The second kappa shape index (κ2) is 4.83. The van der Waals surface area contributed by atoms with Crippen LogP contribution < -0.4 is 5.32 Å². The van der Waals surface area contributed by atoms with Crippen LogP contribution >= 0.6 is 0 Å². The van der Waals surface area contributed by atoms with Gasteiger partial charge in [0.2, 0.25) is 5.82 Å². The van der Waals surface area contributed by atoms with Crippen molar-refractivity contribution in [1.82, 2.24) is 20.5 Å². The van der Waals surface area contributed by atoms with Gasteiger partial charge in [0, 0.05) is 0 Å². The molecule has 0 radical (unpaired) electrons. The maximum atomic E-state index is 11.9. The van der Waals surface area contributed by atoms with Gasteiger partial charge < -0.3 is 10.4 Å². The van der Waals surface area contributed by atoms with E-state index >= 15 is 0 Å². The number of carbonyl (C=O) groups excluding carboxylic acids is 1. The topological polar surface area (TPSA) is 90.9 Å². The number of aliphatic hydroxyl groups is 1. The lowest BCUT2D eigenvalue weighted by Gasteiger charge is -2.36. The highest BCUT2D eigenvalue weighted by molar-refractivity contribution is 5.90. The van der Waals surface area contributed by atoms with Crippen molar-refractivity contribution in [2.24, 2.45) is 0 Å². The van der Waals surface area contributed by atoms with E-state index in [0.29, 0.717) is 5.82 Å². The SMILES string of the molecule is Cc1nc(C(=O)NC2(CO)CCCCC2)n[nH]1. The van der Waals surface area contributed by atoms with Crippen LogP contribution in [0.25, 0.3) is 0 Å². The van der Waals surface area contributed by atoms with Gasteiger partial charge in [0.05, 0.1) is 12.1 Å². The molecule has 0 aliphatic heterocycles. The molecule has 1 saturated carbocycles. The summed E-state index contributed by atoms with van der Waals surface area (Å²) in [5.74, 6) is 0.433. The molecule has 0 unspecified atom stereocenters. The molecule has 0 atom stereocenters. The number of aromatic nitrogens is 3. The van der Waals surface area contributed by atoms with Gasteiger partial charge in [-0.25, -0.2) is 4.98 Å². The van der Waals surface area contributed by atoms with Crippen LogP contribution in [-0.4, -0.2) is 38.3 Å². The first-order valence-corrected chi connectivity index (χ1v) is 5.98. The molecule has 1 aliphatic carbocycles. The molecule has 2 rings (SSSR count). The summed E-state index contributed by atoms with van der Waals surface area (Å²) in [5, 5.41) is 18.8. The summed E-state index contributed by atoms with van der Waals surface area (Å²) < 4.78 is 0. The zero-order valence-electron chi connectivity index (χ0n) is 9.99. The van der Waals surface area contributed by atoms with Crippen molar-refractivity contribution in [3.8, 4) is 0 Å². The van der Waals surface area contributed by atoms with Crippen LogP contribution in [0, 0.1) is 6.92 Å². The minimum Gasteiger partial charge on any atom is -0.394 e. The molecule has 94 valence electrons. The number of nitrogens with one attached hydrogen (secondary N) is 2. The molecule has 1 amide bonds. The molecule has 6 nitrogen and oxygen atoms in total. The highest BCUT2D eigenvalue weighted by Crippen LogP contribution is 2.27. The third kappa shape index (κ3) is 2.63. The predicted octanol–water partition coefficient (Wildman–Crippen LogP) is 0.538. The van der Waals surface area contributed by atoms with E-state index in [1.165, 1.54) is 0 Å². The number of rotatable bonds is 3. The number of hydrogen-bond donors (Lipinski definition) is 3. The highest BCUT2D eigenvalue weighted by atomic mass is 16.3. The van der Waals surface area contributed by atoms with Gasteiger partial charge in [-0.15, -0.1) is 5.10 Å². The van der Waals surface area contributed by atoms with E-state index in [2.05, 4.69) is 20.5 Å². The molecule has 0 saturated heterocycles. The van der Waals surface area contributed by atoms with Gasteiger partial charge >= 0.3 is 0 Å². The Morgan fingerprint density at radius 2 is 2.18 bits per heavy atom. The summed E-state index contributed by atoms with van der Waals surface area (Å²) in [5.41, 5.74) is -0.482. The van der Waals surface area contributed by atoms with Gasteiger partial charge in [-0.1, -0.05) is 19.3 Å². The van der Waals surface area contributed by atoms with E-state index in [9.17, 15) is 9.90 Å². The number of aliphatic hydroxyl groups excluding tert-OH is 1. The molecule has 3 N–H and O–H groups in total. The van der Waals surface area contributed by atoms with E-state index < -0.39 is 5.54 Å². The van der Waals surface area contributed by atoms with Gasteiger partial charge in [-0.05, 0) is 19.8 Å². The summed E-state index contributed by atoms with van der Waals surface area (Å²) in [6, 6.07) is 0. The number of aromatic amines is 1. The lowest BCUT2D eigenvalue weighted by molar-refractivity contribution is 0.0749. The Kier molecular flexibility index (Phi) is 3.42. The second-order valence-electron chi connectivity index (χ2n) is 4.70. The quantitative estimate of drug-likeness (QED) is 0.716. The molecular formula is C11H18N4O2. The van der Waals surface area contributed by atoms with Gasteiger partial charge in [-0.3, -0.25) is 9.89 Å². The number of carbonyl (C=O) groups is 1. The molecular weight excluding hydrogens is 220 g/mol. The monoisotopic (exact) mass is 238 g/mol. The Morgan fingerprint density at radius 3 is 2.71 bits per heavy atom. The van der Waals surface area contributed by atoms with Crippen molar-refractivity contribution >= 4 is 5.91 Å². The van der Waals surface area contributed by atoms with Crippen LogP contribution in [0.1, 0.15) is 48.5 Å². The van der Waals surface area contributed by atoms with Gasteiger partial charge in [0.25, 0.3) is 5.91 Å². The number of H-pyrrole nitrogens is 1. The van der Waals surface area contributed by atoms with Crippen molar-refractivity contribution in [3.05, 3.63) is 11.6 Å². The lowest BCUT2D eigenvalue weighted by Crippen LogP contribution is -2.52. The zero-order chi connectivity index (χ0) is 12.3. The molecule has 1 fully saturated rings. The first-order valence-electron chi connectivity index (χ1n) is 5.98. The third-order valence-electron chi connectivity index (χ3n) is 3.29. The fraction of sp³-hybridized carbons (Fsp3) is 0.727. The minimum absolute atomic E-state index is 0.0256. The largest absolute Gasteiger partial charge is 0.394 e. The molecule has 1 aromatic rings. The van der Waals surface area contributed by atoms with Gasteiger partial charge in [0.15, 0.2) is 0 Å². The Hall–Kier alpha value is -1.43. The molecule has 1 aromatic heterocycles. The zero-order valence-corrected chi connectivity index (χ0v) is 9.99. The first-order chi connectivity index (χ1) is 8.15. The number of amides is 1.